The summed E-state index contributed by atoms with van der Waals surface area (Å²) in [6.07, 6.45) is 8.78. The van der Waals surface area contributed by atoms with Gasteiger partial charge in [0.05, 0.1) is 36.8 Å². The van der Waals surface area contributed by atoms with E-state index in [1.54, 1.807) is 23.3 Å². The summed E-state index contributed by atoms with van der Waals surface area (Å²) in [6.45, 7) is 1.03. The number of hydrogen-bond donors (Lipinski definition) is 3. The molecule has 0 radical (unpaired) electrons. The van der Waals surface area contributed by atoms with Gasteiger partial charge in [0, 0.05) is 30.7 Å². The third-order valence-electron chi connectivity index (χ3n) is 3.98. The van der Waals surface area contributed by atoms with Gasteiger partial charge < -0.3 is 16.2 Å². The van der Waals surface area contributed by atoms with Gasteiger partial charge in [0.1, 0.15) is 0 Å². The fourth-order valence-corrected chi connectivity index (χ4v) is 2.65. The standard InChI is InChI=1S/C17H18N8O/c18-16-17(20-8-12-2-4-25-14(7-12)1-3-21-25)23-15(10-19-16)13-9-22-24(11-13)5-6-26/h1-4,7,9-11,26H,5-6,8H2,(H2,18,19)(H,20,23). The van der Waals surface area contributed by atoms with Crippen molar-refractivity contribution in [2.75, 3.05) is 17.7 Å². The van der Waals surface area contributed by atoms with Gasteiger partial charge in [-0.3, -0.25) is 4.68 Å². The molecule has 4 aromatic rings. The van der Waals surface area contributed by atoms with Crippen LogP contribution in [-0.4, -0.2) is 41.1 Å². The van der Waals surface area contributed by atoms with E-state index < -0.39 is 0 Å². The first-order chi connectivity index (χ1) is 12.7. The van der Waals surface area contributed by atoms with Crippen LogP contribution in [0.25, 0.3) is 16.8 Å². The summed E-state index contributed by atoms with van der Waals surface area (Å²) in [7, 11) is 0. The van der Waals surface area contributed by atoms with E-state index in [0.29, 0.717) is 30.4 Å². The molecule has 0 aliphatic rings. The number of aliphatic hydroxyl groups excluding tert-OH is 1. The molecule has 26 heavy (non-hydrogen) atoms. The molecular weight excluding hydrogens is 332 g/mol. The average Bonchev–Trinajstić information content (AvgIpc) is 3.30. The Labute approximate surface area is 149 Å². The largest absolute Gasteiger partial charge is 0.394 e. The first-order valence-electron chi connectivity index (χ1n) is 8.15. The minimum atomic E-state index is 0.0306. The van der Waals surface area contributed by atoms with Crippen LogP contribution in [0.4, 0.5) is 11.6 Å². The molecule has 0 bridgehead atoms. The number of nitrogens with two attached hydrogens (primary N) is 1. The molecule has 9 heteroatoms. The number of nitrogen functional groups attached to an aromatic ring is 1. The highest BCUT2D eigenvalue weighted by Crippen LogP contribution is 2.21. The Balaban J connectivity index is 1.53. The smallest absolute Gasteiger partial charge is 0.169 e. The van der Waals surface area contributed by atoms with Crippen LogP contribution in [0.2, 0.25) is 0 Å². The van der Waals surface area contributed by atoms with Crippen LogP contribution in [0.5, 0.6) is 0 Å². The lowest BCUT2D eigenvalue weighted by atomic mass is 10.2. The van der Waals surface area contributed by atoms with Crippen LogP contribution in [-0.2, 0) is 13.1 Å². The van der Waals surface area contributed by atoms with Gasteiger partial charge in [-0.05, 0) is 23.8 Å². The Morgan fingerprint density at radius 3 is 3.00 bits per heavy atom. The van der Waals surface area contributed by atoms with Gasteiger partial charge in [0.25, 0.3) is 0 Å². The molecule has 0 atom stereocenters. The summed E-state index contributed by atoms with van der Waals surface area (Å²) in [6, 6.07) is 5.98. The van der Waals surface area contributed by atoms with Crippen LogP contribution in [0.1, 0.15) is 5.56 Å². The van der Waals surface area contributed by atoms with Gasteiger partial charge in [-0.25, -0.2) is 14.5 Å². The summed E-state index contributed by atoms with van der Waals surface area (Å²) in [5.41, 5.74) is 9.54. The van der Waals surface area contributed by atoms with Crippen molar-refractivity contribution in [1.82, 2.24) is 29.4 Å². The molecule has 4 heterocycles. The fraction of sp³-hybridized carbons (Fsp3) is 0.176. The highest BCUT2D eigenvalue weighted by atomic mass is 16.3. The lowest BCUT2D eigenvalue weighted by Gasteiger charge is -2.09. The molecular formula is C17H18N8O. The van der Waals surface area contributed by atoms with Crippen molar-refractivity contribution >= 4 is 17.2 Å². The van der Waals surface area contributed by atoms with Crippen molar-refractivity contribution in [3.05, 3.63) is 54.7 Å². The summed E-state index contributed by atoms with van der Waals surface area (Å²) >= 11 is 0. The van der Waals surface area contributed by atoms with Gasteiger partial charge in [0.2, 0.25) is 0 Å². The predicted octanol–water partition coefficient (Wildman–Crippen LogP) is 1.17. The number of anilines is 2. The number of pyridine rings is 1. The van der Waals surface area contributed by atoms with Crippen molar-refractivity contribution in [2.45, 2.75) is 13.1 Å². The van der Waals surface area contributed by atoms with Crippen molar-refractivity contribution < 1.29 is 5.11 Å². The summed E-state index contributed by atoms with van der Waals surface area (Å²) < 4.78 is 3.46. The molecule has 0 aliphatic carbocycles. The van der Waals surface area contributed by atoms with Crippen LogP contribution < -0.4 is 11.1 Å². The minimum absolute atomic E-state index is 0.0306. The molecule has 0 spiro atoms. The maximum Gasteiger partial charge on any atom is 0.169 e. The van der Waals surface area contributed by atoms with Crippen molar-refractivity contribution in [3.8, 4) is 11.3 Å². The highest BCUT2D eigenvalue weighted by molar-refractivity contribution is 5.64. The molecule has 0 unspecified atom stereocenters. The van der Waals surface area contributed by atoms with E-state index in [-0.39, 0.29) is 6.61 Å². The Hall–Kier alpha value is -3.46. The first kappa shape index (κ1) is 16.0. The second-order valence-corrected chi connectivity index (χ2v) is 5.79. The Bertz CT molecular complexity index is 1040. The minimum Gasteiger partial charge on any atom is -0.394 e. The van der Waals surface area contributed by atoms with Crippen LogP contribution in [0, 0.1) is 0 Å². The molecule has 0 saturated heterocycles. The molecule has 9 nitrogen and oxygen atoms in total. The predicted molar refractivity (Wildman–Crippen MR) is 97.3 cm³/mol. The van der Waals surface area contributed by atoms with E-state index in [0.717, 1.165) is 16.6 Å². The van der Waals surface area contributed by atoms with Crippen molar-refractivity contribution in [3.63, 3.8) is 0 Å². The number of hydrogen-bond acceptors (Lipinski definition) is 7. The van der Waals surface area contributed by atoms with Gasteiger partial charge in [0.15, 0.2) is 11.6 Å². The maximum absolute atomic E-state index is 8.99. The quantitative estimate of drug-likeness (QED) is 0.477. The summed E-state index contributed by atoms with van der Waals surface area (Å²) in [4.78, 5) is 8.77. The van der Waals surface area contributed by atoms with Gasteiger partial charge in [-0.2, -0.15) is 10.2 Å². The highest BCUT2D eigenvalue weighted by Gasteiger charge is 2.09. The first-order valence-corrected chi connectivity index (χ1v) is 8.15. The van der Waals surface area contributed by atoms with Gasteiger partial charge >= 0.3 is 0 Å². The number of nitrogens with one attached hydrogen (secondary N) is 1. The number of rotatable bonds is 6. The Morgan fingerprint density at radius 1 is 1.19 bits per heavy atom. The Morgan fingerprint density at radius 2 is 2.12 bits per heavy atom. The third-order valence-corrected chi connectivity index (χ3v) is 3.98. The maximum atomic E-state index is 8.99. The zero-order valence-corrected chi connectivity index (χ0v) is 13.9. The summed E-state index contributed by atoms with van der Waals surface area (Å²) in [5.74, 6) is 0.854. The number of fused-ring (bicyclic) bond motifs is 1. The van der Waals surface area contributed by atoms with Crippen LogP contribution in [0.15, 0.2) is 49.2 Å². The fourth-order valence-electron chi connectivity index (χ4n) is 2.65. The van der Waals surface area contributed by atoms with Crippen molar-refractivity contribution in [1.29, 1.82) is 0 Å². The third kappa shape index (κ3) is 3.20. The zero-order valence-electron chi connectivity index (χ0n) is 13.9. The molecule has 4 N–H and O–H groups in total. The van der Waals surface area contributed by atoms with Gasteiger partial charge in [-0.1, -0.05) is 0 Å². The van der Waals surface area contributed by atoms with E-state index >= 15 is 0 Å². The lowest BCUT2D eigenvalue weighted by molar-refractivity contribution is 0.269. The molecule has 0 fully saturated rings. The Kier molecular flexibility index (Phi) is 4.20. The second-order valence-electron chi connectivity index (χ2n) is 5.79. The van der Waals surface area contributed by atoms with E-state index in [4.69, 9.17) is 10.8 Å². The summed E-state index contributed by atoms with van der Waals surface area (Å²) in [5, 5.41) is 20.6. The molecule has 132 valence electrons. The second kappa shape index (κ2) is 6.81. The topological polar surface area (TPSA) is 119 Å². The molecule has 0 amide bonds. The monoisotopic (exact) mass is 350 g/mol. The van der Waals surface area contributed by atoms with Gasteiger partial charge in [-0.15, -0.1) is 0 Å². The molecule has 0 saturated carbocycles. The van der Waals surface area contributed by atoms with Crippen LogP contribution >= 0.6 is 0 Å². The zero-order chi connectivity index (χ0) is 17.9. The van der Waals surface area contributed by atoms with E-state index in [1.807, 2.05) is 35.1 Å². The van der Waals surface area contributed by atoms with E-state index in [2.05, 4.69) is 25.5 Å². The molecule has 4 rings (SSSR count). The van der Waals surface area contributed by atoms with Crippen molar-refractivity contribution in [2.24, 2.45) is 0 Å². The van der Waals surface area contributed by atoms with Crippen LogP contribution in [0.3, 0.4) is 0 Å². The molecule has 4 aromatic heterocycles. The molecule has 0 aromatic carbocycles. The number of aromatic nitrogens is 6. The normalized spacial score (nSPS) is 11.1. The number of aliphatic hydroxyl groups is 1. The molecule has 0 aliphatic heterocycles. The van der Waals surface area contributed by atoms with E-state index in [9.17, 15) is 0 Å². The lowest BCUT2D eigenvalue weighted by Crippen LogP contribution is -2.07. The van der Waals surface area contributed by atoms with E-state index in [1.165, 1.54) is 0 Å². The number of nitrogens with zero attached hydrogens (tertiary/aromatic N) is 6. The SMILES string of the molecule is Nc1ncc(-c2cnn(CCO)c2)nc1NCc1ccn2nccc2c1. The average molecular weight is 350 g/mol.